The van der Waals surface area contributed by atoms with E-state index in [0.717, 1.165) is 21.1 Å². The van der Waals surface area contributed by atoms with Gasteiger partial charge in [-0.15, -0.1) is 22.7 Å². The smallest absolute Gasteiger partial charge is 0.254 e. The van der Waals surface area contributed by atoms with Gasteiger partial charge in [0, 0.05) is 36.0 Å². The van der Waals surface area contributed by atoms with Crippen LogP contribution in [0.3, 0.4) is 0 Å². The van der Waals surface area contributed by atoms with Gasteiger partial charge < -0.3 is 10.6 Å². The van der Waals surface area contributed by atoms with Crippen molar-refractivity contribution in [1.82, 2.24) is 9.88 Å². The Morgan fingerprint density at radius 1 is 1.04 bits per heavy atom. The molecular weight excluding hydrogens is 342 g/mol. The number of benzene rings is 1. The second-order valence-electron chi connectivity index (χ2n) is 5.38. The van der Waals surface area contributed by atoms with Gasteiger partial charge in [-0.3, -0.25) is 9.59 Å². The molecule has 1 aromatic carbocycles. The lowest BCUT2D eigenvalue weighted by atomic mass is 10.1. The third-order valence-electron chi connectivity index (χ3n) is 3.43. The van der Waals surface area contributed by atoms with E-state index in [0.29, 0.717) is 11.1 Å². The normalized spacial score (nSPS) is 10.6. The molecule has 2 N–H and O–H groups in total. The molecule has 24 heavy (non-hydrogen) atoms. The van der Waals surface area contributed by atoms with Crippen molar-refractivity contribution < 1.29 is 9.59 Å². The largest absolute Gasteiger partial charge is 0.366 e. The van der Waals surface area contributed by atoms with Crippen LogP contribution in [0.2, 0.25) is 0 Å². The van der Waals surface area contributed by atoms with Crippen LogP contribution in [0.4, 0.5) is 0 Å². The molecule has 3 rings (SSSR count). The van der Waals surface area contributed by atoms with E-state index < -0.39 is 5.91 Å². The first-order valence-electron chi connectivity index (χ1n) is 7.12. The van der Waals surface area contributed by atoms with Crippen LogP contribution in [0.5, 0.6) is 0 Å². The second kappa shape index (κ2) is 6.54. The number of carbonyl (C=O) groups is 2. The van der Waals surface area contributed by atoms with Gasteiger partial charge in [-0.2, -0.15) is 0 Å². The van der Waals surface area contributed by atoms with Crippen LogP contribution in [0.15, 0.2) is 41.1 Å². The number of thiophene rings is 1. The first kappa shape index (κ1) is 16.4. The van der Waals surface area contributed by atoms with Crippen molar-refractivity contribution in [3.63, 3.8) is 0 Å². The van der Waals surface area contributed by atoms with Crippen molar-refractivity contribution in [3.8, 4) is 21.1 Å². The molecule has 0 fully saturated rings. The summed E-state index contributed by atoms with van der Waals surface area (Å²) in [7, 11) is 3.47. The monoisotopic (exact) mass is 357 g/mol. The van der Waals surface area contributed by atoms with Gasteiger partial charge in [-0.1, -0.05) is 12.1 Å². The molecule has 0 saturated heterocycles. The Morgan fingerprint density at radius 2 is 1.75 bits per heavy atom. The van der Waals surface area contributed by atoms with Gasteiger partial charge >= 0.3 is 0 Å². The fourth-order valence-corrected chi connectivity index (χ4v) is 3.88. The summed E-state index contributed by atoms with van der Waals surface area (Å²) in [5.74, 6) is -0.465. The number of carbonyl (C=O) groups excluding carboxylic acids is 2. The minimum Gasteiger partial charge on any atom is -0.366 e. The van der Waals surface area contributed by atoms with Crippen LogP contribution in [-0.4, -0.2) is 35.8 Å². The molecule has 3 aromatic rings. The summed E-state index contributed by atoms with van der Waals surface area (Å²) in [6.07, 6.45) is 0. The maximum absolute atomic E-state index is 12.0. The molecule has 2 aromatic heterocycles. The number of aromatic nitrogens is 1. The number of rotatable bonds is 4. The van der Waals surface area contributed by atoms with Crippen LogP contribution in [0, 0.1) is 0 Å². The highest BCUT2D eigenvalue weighted by Gasteiger charge is 2.14. The Bertz CT molecular complexity index is 895. The number of nitrogens with two attached hydrogens (primary N) is 1. The number of primary amides is 1. The number of hydrogen-bond acceptors (Lipinski definition) is 5. The van der Waals surface area contributed by atoms with Crippen molar-refractivity contribution >= 4 is 34.5 Å². The minimum atomic E-state index is -0.446. The molecule has 0 aliphatic rings. The predicted molar refractivity (Wildman–Crippen MR) is 97.4 cm³/mol. The SMILES string of the molecule is CN(C)C(=O)c1csc(-c2csc(-c3ccc(C(N)=O)cc3)n2)c1. The van der Waals surface area contributed by atoms with Gasteiger partial charge in [-0.05, 0) is 18.2 Å². The highest BCUT2D eigenvalue weighted by atomic mass is 32.1. The Balaban J connectivity index is 1.85. The van der Waals surface area contributed by atoms with Crippen molar-refractivity contribution in [1.29, 1.82) is 0 Å². The van der Waals surface area contributed by atoms with Gasteiger partial charge in [-0.25, -0.2) is 4.98 Å². The maximum Gasteiger partial charge on any atom is 0.254 e. The summed E-state index contributed by atoms with van der Waals surface area (Å²) < 4.78 is 0. The Hall–Kier alpha value is -2.51. The molecule has 2 amide bonds. The van der Waals surface area contributed by atoms with Crippen LogP contribution < -0.4 is 5.73 Å². The van der Waals surface area contributed by atoms with E-state index in [2.05, 4.69) is 4.98 Å². The Morgan fingerprint density at radius 3 is 2.38 bits per heavy atom. The second-order valence-corrected chi connectivity index (χ2v) is 7.15. The summed E-state index contributed by atoms with van der Waals surface area (Å²) in [6, 6.07) is 8.91. The number of hydrogen-bond donors (Lipinski definition) is 1. The van der Waals surface area contributed by atoms with Crippen LogP contribution in [-0.2, 0) is 0 Å². The molecule has 0 aliphatic carbocycles. The van der Waals surface area contributed by atoms with E-state index >= 15 is 0 Å². The molecule has 0 spiro atoms. The zero-order valence-corrected chi connectivity index (χ0v) is 14.8. The molecule has 122 valence electrons. The Labute approximate surface area is 147 Å². The van der Waals surface area contributed by atoms with Crippen LogP contribution in [0.25, 0.3) is 21.1 Å². The molecule has 5 nitrogen and oxygen atoms in total. The minimum absolute atomic E-state index is 0.0185. The van der Waals surface area contributed by atoms with E-state index in [1.165, 1.54) is 22.7 Å². The molecule has 0 bridgehead atoms. The molecule has 0 saturated carbocycles. The van der Waals surface area contributed by atoms with Crippen LogP contribution in [0.1, 0.15) is 20.7 Å². The van der Waals surface area contributed by atoms with Gasteiger partial charge in [0.25, 0.3) is 5.91 Å². The molecule has 0 atom stereocenters. The fraction of sp³-hybridized carbons (Fsp3) is 0.118. The third-order valence-corrected chi connectivity index (χ3v) is 5.27. The highest BCUT2D eigenvalue weighted by Crippen LogP contribution is 2.32. The van der Waals surface area contributed by atoms with Crippen molar-refractivity contribution in [2.45, 2.75) is 0 Å². The zero-order chi connectivity index (χ0) is 17.3. The number of amides is 2. The van der Waals surface area contributed by atoms with E-state index in [1.54, 1.807) is 31.1 Å². The van der Waals surface area contributed by atoms with Crippen molar-refractivity contribution in [2.75, 3.05) is 14.1 Å². The lowest BCUT2D eigenvalue weighted by molar-refractivity contribution is 0.0828. The summed E-state index contributed by atoms with van der Waals surface area (Å²) in [6.45, 7) is 0. The van der Waals surface area contributed by atoms with E-state index in [9.17, 15) is 9.59 Å². The predicted octanol–water partition coefficient (Wildman–Crippen LogP) is 3.34. The van der Waals surface area contributed by atoms with Crippen molar-refractivity contribution in [3.05, 3.63) is 52.2 Å². The lowest BCUT2D eigenvalue weighted by Crippen LogP contribution is -2.20. The maximum atomic E-state index is 12.0. The number of thiazole rings is 1. The van der Waals surface area contributed by atoms with Crippen molar-refractivity contribution in [2.24, 2.45) is 5.73 Å². The zero-order valence-electron chi connectivity index (χ0n) is 13.1. The summed E-state index contributed by atoms with van der Waals surface area (Å²) >= 11 is 3.02. The third kappa shape index (κ3) is 3.22. The van der Waals surface area contributed by atoms with Gasteiger partial charge in [0.2, 0.25) is 5.91 Å². The van der Waals surface area contributed by atoms with Crippen LogP contribution >= 0.6 is 22.7 Å². The summed E-state index contributed by atoms with van der Waals surface area (Å²) in [4.78, 5) is 30.2. The van der Waals surface area contributed by atoms with Gasteiger partial charge in [0.05, 0.1) is 16.1 Å². The quantitative estimate of drug-likeness (QED) is 0.778. The summed E-state index contributed by atoms with van der Waals surface area (Å²) in [5.41, 5.74) is 8.16. The topological polar surface area (TPSA) is 76.3 Å². The fourth-order valence-electron chi connectivity index (χ4n) is 2.14. The lowest BCUT2D eigenvalue weighted by Gasteiger charge is -2.07. The standard InChI is InChI=1S/C17H15N3O2S2/c1-20(2)17(22)12-7-14(23-8-12)13-9-24-16(19-13)11-5-3-10(4-6-11)15(18)21/h3-9H,1-2H3,(H2,18,21). The Kier molecular flexibility index (Phi) is 4.46. The molecule has 0 unspecified atom stereocenters. The number of nitrogens with zero attached hydrogens (tertiary/aromatic N) is 2. The molecular formula is C17H15N3O2S2. The molecule has 0 radical (unpaired) electrons. The first-order chi connectivity index (χ1) is 11.5. The highest BCUT2D eigenvalue weighted by molar-refractivity contribution is 7.15. The van der Waals surface area contributed by atoms with Gasteiger partial charge in [0.15, 0.2) is 0 Å². The average Bonchev–Trinajstić information content (AvgIpc) is 3.23. The molecule has 0 aliphatic heterocycles. The van der Waals surface area contributed by atoms with E-state index in [1.807, 2.05) is 29.0 Å². The average molecular weight is 357 g/mol. The molecule has 7 heteroatoms. The molecule has 2 heterocycles. The van der Waals surface area contributed by atoms with E-state index in [4.69, 9.17) is 5.73 Å². The first-order valence-corrected chi connectivity index (χ1v) is 8.88. The van der Waals surface area contributed by atoms with E-state index in [-0.39, 0.29) is 5.91 Å². The summed E-state index contributed by atoms with van der Waals surface area (Å²) in [5, 5.41) is 4.67. The van der Waals surface area contributed by atoms with Gasteiger partial charge in [0.1, 0.15) is 5.01 Å².